The largest absolute Gasteiger partial charge is 0.357 e. The maximum atomic E-state index is 4.85. The first kappa shape index (κ1) is 25.1. The number of guanidine groups is 1. The Labute approximate surface area is 177 Å². The molecular formula is C20H38IN5. The smallest absolute Gasteiger partial charge is 0.191 e. The van der Waals surface area contributed by atoms with Crippen molar-refractivity contribution in [3.63, 3.8) is 0 Å². The van der Waals surface area contributed by atoms with E-state index in [9.17, 15) is 0 Å². The Bertz CT molecular complexity index is 474. The summed E-state index contributed by atoms with van der Waals surface area (Å²) in [5.74, 6) is 1.58. The second-order valence-corrected chi connectivity index (χ2v) is 6.72. The Morgan fingerprint density at radius 3 is 2.42 bits per heavy atom. The summed E-state index contributed by atoms with van der Waals surface area (Å²) >= 11 is 0. The van der Waals surface area contributed by atoms with Crippen LogP contribution in [0.3, 0.4) is 0 Å². The normalized spacial score (nSPS) is 12.8. The standard InChI is InChI=1S/C20H37N5.HI/c1-6-21-20(23-14-12-18-11-9-10-13-22-18)24-16-19(15-17(4)5)25(7-2)8-3;/h9-11,13,17,19H,6-8,12,14-16H2,1-5H3,(H2,21,23,24);1H. The number of hydrogen-bond acceptors (Lipinski definition) is 3. The molecule has 0 saturated heterocycles. The molecule has 5 nitrogen and oxygen atoms in total. The summed E-state index contributed by atoms with van der Waals surface area (Å²) in [4.78, 5) is 11.7. The monoisotopic (exact) mass is 475 g/mol. The van der Waals surface area contributed by atoms with Gasteiger partial charge in [-0.25, -0.2) is 0 Å². The van der Waals surface area contributed by atoms with Crippen LogP contribution in [0.5, 0.6) is 0 Å². The minimum Gasteiger partial charge on any atom is -0.357 e. The molecule has 6 heteroatoms. The van der Waals surface area contributed by atoms with Crippen LogP contribution in [0.25, 0.3) is 0 Å². The van der Waals surface area contributed by atoms with Gasteiger partial charge in [0.05, 0.1) is 6.54 Å². The van der Waals surface area contributed by atoms with Crippen LogP contribution in [-0.4, -0.2) is 54.6 Å². The van der Waals surface area contributed by atoms with Gasteiger partial charge in [-0.1, -0.05) is 33.8 Å². The lowest BCUT2D eigenvalue weighted by Crippen LogP contribution is -2.42. The van der Waals surface area contributed by atoms with E-state index in [1.807, 2.05) is 18.3 Å². The highest BCUT2D eigenvalue weighted by Crippen LogP contribution is 2.12. The molecule has 0 aliphatic heterocycles. The Kier molecular flexibility index (Phi) is 14.7. The second kappa shape index (κ2) is 15.2. The van der Waals surface area contributed by atoms with Crippen LogP contribution in [0.15, 0.2) is 29.4 Å². The predicted molar refractivity (Wildman–Crippen MR) is 124 cm³/mol. The molecule has 0 amide bonds. The number of rotatable bonds is 11. The fourth-order valence-electron chi connectivity index (χ4n) is 3.02. The minimum absolute atomic E-state index is 0. The minimum atomic E-state index is 0. The lowest BCUT2D eigenvalue weighted by Gasteiger charge is -2.30. The maximum Gasteiger partial charge on any atom is 0.191 e. The molecule has 150 valence electrons. The van der Waals surface area contributed by atoms with Gasteiger partial charge in [-0.2, -0.15) is 0 Å². The summed E-state index contributed by atoms with van der Waals surface area (Å²) in [6, 6.07) is 6.54. The maximum absolute atomic E-state index is 4.85. The van der Waals surface area contributed by atoms with Crippen molar-refractivity contribution in [1.82, 2.24) is 20.5 Å². The van der Waals surface area contributed by atoms with E-state index in [0.29, 0.717) is 12.0 Å². The van der Waals surface area contributed by atoms with E-state index in [1.54, 1.807) is 0 Å². The van der Waals surface area contributed by atoms with Crippen molar-refractivity contribution < 1.29 is 0 Å². The molecular weight excluding hydrogens is 437 g/mol. The van der Waals surface area contributed by atoms with Gasteiger partial charge in [0.1, 0.15) is 0 Å². The third-order valence-corrected chi connectivity index (χ3v) is 4.28. The summed E-state index contributed by atoms with van der Waals surface area (Å²) in [5.41, 5.74) is 1.10. The van der Waals surface area contributed by atoms with Crippen molar-refractivity contribution in [3.05, 3.63) is 30.1 Å². The van der Waals surface area contributed by atoms with Crippen LogP contribution in [0, 0.1) is 5.92 Å². The molecule has 1 aromatic rings. The van der Waals surface area contributed by atoms with Gasteiger partial charge in [0, 0.05) is 37.4 Å². The Hall–Kier alpha value is -0.890. The molecule has 0 aromatic carbocycles. The molecule has 0 aliphatic rings. The summed E-state index contributed by atoms with van der Waals surface area (Å²) in [6.45, 7) is 15.8. The van der Waals surface area contributed by atoms with Crippen molar-refractivity contribution in [3.8, 4) is 0 Å². The summed E-state index contributed by atoms with van der Waals surface area (Å²) in [5, 5.41) is 6.79. The molecule has 1 rings (SSSR count). The van der Waals surface area contributed by atoms with E-state index in [4.69, 9.17) is 4.99 Å². The van der Waals surface area contributed by atoms with Crippen LogP contribution < -0.4 is 10.6 Å². The van der Waals surface area contributed by atoms with Crippen molar-refractivity contribution in [2.24, 2.45) is 10.9 Å². The van der Waals surface area contributed by atoms with Crippen LogP contribution in [0.4, 0.5) is 0 Å². The van der Waals surface area contributed by atoms with Crippen LogP contribution in [-0.2, 0) is 6.42 Å². The summed E-state index contributed by atoms with van der Waals surface area (Å²) in [6.07, 6.45) is 3.92. The number of aliphatic imine (C=N–C) groups is 1. The van der Waals surface area contributed by atoms with Gasteiger partial charge in [-0.3, -0.25) is 14.9 Å². The number of hydrogen-bond donors (Lipinski definition) is 2. The Morgan fingerprint density at radius 2 is 1.88 bits per heavy atom. The van der Waals surface area contributed by atoms with E-state index in [0.717, 1.165) is 50.8 Å². The molecule has 1 atom stereocenters. The van der Waals surface area contributed by atoms with Crippen molar-refractivity contribution in [2.45, 2.75) is 53.5 Å². The molecule has 0 radical (unpaired) electrons. The van der Waals surface area contributed by atoms with Gasteiger partial charge in [-0.05, 0) is 44.5 Å². The second-order valence-electron chi connectivity index (χ2n) is 6.72. The van der Waals surface area contributed by atoms with Crippen LogP contribution in [0.2, 0.25) is 0 Å². The number of pyridine rings is 1. The van der Waals surface area contributed by atoms with Gasteiger partial charge in [0.25, 0.3) is 0 Å². The first-order valence-electron chi connectivity index (χ1n) is 9.76. The van der Waals surface area contributed by atoms with Gasteiger partial charge in [-0.15, -0.1) is 24.0 Å². The van der Waals surface area contributed by atoms with E-state index >= 15 is 0 Å². The quantitative estimate of drug-likeness (QED) is 0.292. The van der Waals surface area contributed by atoms with E-state index in [1.165, 1.54) is 6.42 Å². The Balaban J connectivity index is 0.00000625. The van der Waals surface area contributed by atoms with Crippen molar-refractivity contribution >= 4 is 29.9 Å². The highest BCUT2D eigenvalue weighted by atomic mass is 127. The fraction of sp³-hybridized carbons (Fsp3) is 0.700. The van der Waals surface area contributed by atoms with Crippen LogP contribution in [0.1, 0.15) is 46.7 Å². The molecule has 1 unspecified atom stereocenters. The SMILES string of the molecule is CCNC(=NCC(CC(C)C)N(CC)CC)NCCc1ccccn1.I. The van der Waals surface area contributed by atoms with Gasteiger partial charge in [0.15, 0.2) is 5.96 Å². The molecule has 2 N–H and O–H groups in total. The van der Waals surface area contributed by atoms with E-state index in [-0.39, 0.29) is 24.0 Å². The molecule has 1 aromatic heterocycles. The van der Waals surface area contributed by atoms with E-state index < -0.39 is 0 Å². The predicted octanol–water partition coefficient (Wildman–Crippen LogP) is 3.55. The van der Waals surface area contributed by atoms with Gasteiger partial charge in [0.2, 0.25) is 0 Å². The third-order valence-electron chi connectivity index (χ3n) is 4.28. The molecule has 26 heavy (non-hydrogen) atoms. The molecule has 0 bridgehead atoms. The zero-order valence-corrected chi connectivity index (χ0v) is 19.5. The molecule has 0 spiro atoms. The zero-order valence-electron chi connectivity index (χ0n) is 17.2. The molecule has 0 saturated carbocycles. The summed E-state index contributed by atoms with van der Waals surface area (Å²) < 4.78 is 0. The third kappa shape index (κ3) is 10.3. The summed E-state index contributed by atoms with van der Waals surface area (Å²) in [7, 11) is 0. The van der Waals surface area contributed by atoms with Gasteiger partial charge >= 0.3 is 0 Å². The number of nitrogens with one attached hydrogen (secondary N) is 2. The lowest BCUT2D eigenvalue weighted by atomic mass is 10.0. The van der Waals surface area contributed by atoms with Crippen LogP contribution >= 0.6 is 24.0 Å². The highest BCUT2D eigenvalue weighted by Gasteiger charge is 2.17. The average Bonchev–Trinajstić information content (AvgIpc) is 2.60. The Morgan fingerprint density at radius 1 is 1.15 bits per heavy atom. The average molecular weight is 475 g/mol. The molecule has 0 aliphatic carbocycles. The first-order valence-corrected chi connectivity index (χ1v) is 9.76. The molecule has 1 heterocycles. The topological polar surface area (TPSA) is 52.6 Å². The number of aromatic nitrogens is 1. The van der Waals surface area contributed by atoms with Crippen molar-refractivity contribution in [2.75, 3.05) is 32.7 Å². The number of halogens is 1. The van der Waals surface area contributed by atoms with E-state index in [2.05, 4.69) is 61.2 Å². The zero-order chi connectivity index (χ0) is 18.5. The first-order chi connectivity index (χ1) is 12.1. The lowest BCUT2D eigenvalue weighted by molar-refractivity contribution is 0.196. The van der Waals surface area contributed by atoms with Gasteiger partial charge < -0.3 is 10.6 Å². The van der Waals surface area contributed by atoms with Crippen molar-refractivity contribution in [1.29, 1.82) is 0 Å². The number of nitrogens with zero attached hydrogens (tertiary/aromatic N) is 3. The number of likely N-dealkylation sites (N-methyl/N-ethyl adjacent to an activating group) is 1. The highest BCUT2D eigenvalue weighted by molar-refractivity contribution is 14.0. The fourth-order valence-corrected chi connectivity index (χ4v) is 3.02. The molecule has 0 fully saturated rings.